The average molecular weight is 580 g/mol. The Bertz CT molecular complexity index is 1060. The molecule has 0 radical (unpaired) electrons. The Morgan fingerprint density at radius 1 is 1.29 bits per heavy atom. The van der Waals surface area contributed by atoms with Gasteiger partial charge in [0.15, 0.2) is 0 Å². The van der Waals surface area contributed by atoms with E-state index in [1.54, 1.807) is 0 Å². The highest BCUT2D eigenvalue weighted by Crippen LogP contribution is 2.42. The molecular formula is C27H39BrN2O3SSi. The zero-order valence-electron chi connectivity index (χ0n) is 22.0. The lowest BCUT2D eigenvalue weighted by Crippen LogP contribution is -2.57. The second-order valence-electron chi connectivity index (χ2n) is 11.1. The number of carbonyl (C=O) groups is 1. The standard InChI is InChI=1S/C27H39BrN2O3SSi/c1-9-13-29-16-19(3)30(17-18(29)2)24(23-15-22(28)25(34-23)26(31)32)20-11-10-12-21(14-20)33-35(7,8)27(4,5)6/h9-12,14-15,18-19,24H,1,13,16-17H2,2-8H3,(H,31,32)/t18-,19+,24-/m0/s1. The molecule has 0 saturated carbocycles. The maximum absolute atomic E-state index is 11.8. The summed E-state index contributed by atoms with van der Waals surface area (Å²) in [5.41, 5.74) is 1.13. The summed E-state index contributed by atoms with van der Waals surface area (Å²) < 4.78 is 7.28. The van der Waals surface area contributed by atoms with Gasteiger partial charge in [0.25, 0.3) is 0 Å². The van der Waals surface area contributed by atoms with Crippen LogP contribution in [0.1, 0.15) is 60.8 Å². The fourth-order valence-corrected chi connectivity index (χ4v) is 7.26. The average Bonchev–Trinajstić information content (AvgIpc) is 3.12. The molecule has 2 heterocycles. The van der Waals surface area contributed by atoms with Crippen LogP contribution in [0.3, 0.4) is 0 Å². The fraction of sp³-hybridized carbons (Fsp3) is 0.519. The Labute approximate surface area is 224 Å². The van der Waals surface area contributed by atoms with Gasteiger partial charge < -0.3 is 9.53 Å². The van der Waals surface area contributed by atoms with Crippen LogP contribution in [0.5, 0.6) is 5.75 Å². The normalized spacial score (nSPS) is 21.0. The highest BCUT2D eigenvalue weighted by atomic mass is 79.9. The number of hydrogen-bond donors (Lipinski definition) is 1. The quantitative estimate of drug-likeness (QED) is 0.264. The van der Waals surface area contributed by atoms with E-state index in [1.807, 2.05) is 18.2 Å². The summed E-state index contributed by atoms with van der Waals surface area (Å²) in [6.45, 7) is 22.4. The number of aromatic carboxylic acids is 1. The topological polar surface area (TPSA) is 53.0 Å². The first-order valence-corrected chi connectivity index (χ1v) is 16.7. The van der Waals surface area contributed by atoms with Crippen LogP contribution >= 0.6 is 27.3 Å². The molecule has 0 unspecified atom stereocenters. The van der Waals surface area contributed by atoms with E-state index in [1.165, 1.54) is 11.3 Å². The van der Waals surface area contributed by atoms with E-state index in [-0.39, 0.29) is 17.1 Å². The molecule has 0 bridgehead atoms. The van der Waals surface area contributed by atoms with Crippen LogP contribution < -0.4 is 4.43 Å². The molecule has 35 heavy (non-hydrogen) atoms. The van der Waals surface area contributed by atoms with Gasteiger partial charge in [-0.15, -0.1) is 17.9 Å². The monoisotopic (exact) mass is 578 g/mol. The molecule has 1 aromatic heterocycles. The van der Waals surface area contributed by atoms with Crippen LogP contribution in [0.25, 0.3) is 0 Å². The smallest absolute Gasteiger partial charge is 0.347 e. The summed E-state index contributed by atoms with van der Waals surface area (Å²) in [6, 6.07) is 11.0. The molecule has 2 aromatic rings. The first-order chi connectivity index (χ1) is 16.2. The minimum atomic E-state index is -2.00. The van der Waals surface area contributed by atoms with E-state index in [0.717, 1.165) is 35.8 Å². The Balaban J connectivity index is 2.06. The molecule has 192 valence electrons. The van der Waals surface area contributed by atoms with Crippen molar-refractivity contribution in [2.45, 2.75) is 70.9 Å². The summed E-state index contributed by atoms with van der Waals surface area (Å²) in [5, 5.41) is 9.81. The van der Waals surface area contributed by atoms with Crippen LogP contribution in [-0.4, -0.2) is 60.9 Å². The minimum Gasteiger partial charge on any atom is -0.543 e. The Morgan fingerprint density at radius 3 is 2.54 bits per heavy atom. The van der Waals surface area contributed by atoms with Crippen molar-refractivity contribution in [3.05, 3.63) is 62.8 Å². The third-order valence-corrected chi connectivity index (χ3v) is 13.8. The molecule has 1 aliphatic rings. The van der Waals surface area contributed by atoms with Gasteiger partial charge in [0, 0.05) is 41.1 Å². The van der Waals surface area contributed by atoms with Gasteiger partial charge in [-0.25, -0.2) is 4.79 Å². The maximum atomic E-state index is 11.8. The molecule has 1 aromatic carbocycles. The number of rotatable bonds is 8. The van der Waals surface area contributed by atoms with E-state index >= 15 is 0 Å². The van der Waals surface area contributed by atoms with E-state index in [4.69, 9.17) is 4.43 Å². The number of benzene rings is 1. The number of carboxylic acids is 1. The second-order valence-corrected chi connectivity index (χ2v) is 17.8. The molecule has 0 amide bonds. The van der Waals surface area contributed by atoms with Crippen molar-refractivity contribution in [2.75, 3.05) is 19.6 Å². The number of halogens is 1. The molecule has 1 saturated heterocycles. The van der Waals surface area contributed by atoms with Crippen LogP contribution in [0, 0.1) is 0 Å². The van der Waals surface area contributed by atoms with Gasteiger partial charge in [-0.3, -0.25) is 9.80 Å². The molecule has 1 N–H and O–H groups in total. The zero-order chi connectivity index (χ0) is 26.1. The van der Waals surface area contributed by atoms with Crippen molar-refractivity contribution in [1.82, 2.24) is 9.80 Å². The second kappa shape index (κ2) is 10.9. The van der Waals surface area contributed by atoms with Crippen molar-refractivity contribution >= 4 is 41.6 Å². The number of piperazine rings is 1. The summed E-state index contributed by atoms with van der Waals surface area (Å²) in [5.74, 6) is -0.0155. The van der Waals surface area contributed by atoms with Crippen molar-refractivity contribution in [1.29, 1.82) is 0 Å². The number of thiophene rings is 1. The van der Waals surface area contributed by atoms with Crippen LogP contribution in [0.4, 0.5) is 0 Å². The van der Waals surface area contributed by atoms with Crippen LogP contribution in [0.15, 0.2) is 47.5 Å². The molecule has 5 nitrogen and oxygen atoms in total. The van der Waals surface area contributed by atoms with Crippen molar-refractivity contribution < 1.29 is 14.3 Å². The lowest BCUT2D eigenvalue weighted by molar-refractivity contribution is 0.0315. The third-order valence-electron chi connectivity index (χ3n) is 7.38. The van der Waals surface area contributed by atoms with Gasteiger partial charge in [-0.05, 0) is 71.7 Å². The Morgan fingerprint density at radius 2 is 1.97 bits per heavy atom. The molecule has 1 aliphatic heterocycles. The molecule has 3 atom stereocenters. The number of hydrogen-bond acceptors (Lipinski definition) is 5. The SMILES string of the molecule is C=CCN1C[C@@H](C)N([C@@H](c2cccc(O[Si](C)(C)C(C)(C)C)c2)c2cc(Br)c(C(=O)O)s2)C[C@@H]1C. The van der Waals surface area contributed by atoms with Gasteiger partial charge in [-0.1, -0.05) is 39.0 Å². The lowest BCUT2D eigenvalue weighted by atomic mass is 9.98. The summed E-state index contributed by atoms with van der Waals surface area (Å²) >= 11 is 4.84. The third kappa shape index (κ3) is 6.28. The van der Waals surface area contributed by atoms with Gasteiger partial charge >= 0.3 is 5.97 Å². The van der Waals surface area contributed by atoms with Crippen LogP contribution in [-0.2, 0) is 0 Å². The van der Waals surface area contributed by atoms with E-state index in [0.29, 0.717) is 15.4 Å². The number of nitrogens with zero attached hydrogens (tertiary/aromatic N) is 2. The predicted octanol–water partition coefficient (Wildman–Crippen LogP) is 7.26. The summed E-state index contributed by atoms with van der Waals surface area (Å²) in [4.78, 5) is 18.2. The summed E-state index contributed by atoms with van der Waals surface area (Å²) in [6.07, 6.45) is 1.97. The molecular weight excluding hydrogens is 540 g/mol. The van der Waals surface area contributed by atoms with Crippen LogP contribution in [0.2, 0.25) is 18.1 Å². The molecule has 0 aliphatic carbocycles. The van der Waals surface area contributed by atoms with Gasteiger partial charge in [0.2, 0.25) is 8.32 Å². The van der Waals surface area contributed by atoms with Gasteiger partial charge in [0.05, 0.1) is 6.04 Å². The first-order valence-electron chi connectivity index (χ1n) is 12.2. The molecule has 1 fully saturated rings. The molecule has 0 spiro atoms. The van der Waals surface area contributed by atoms with Crippen molar-refractivity contribution in [3.63, 3.8) is 0 Å². The Kier molecular flexibility index (Phi) is 8.75. The predicted molar refractivity (Wildman–Crippen MR) is 152 cm³/mol. The highest BCUT2D eigenvalue weighted by Gasteiger charge is 2.40. The zero-order valence-corrected chi connectivity index (χ0v) is 25.4. The lowest BCUT2D eigenvalue weighted by Gasteiger charge is -2.47. The number of carboxylic acid groups (broad SMARTS) is 1. The highest BCUT2D eigenvalue weighted by molar-refractivity contribution is 9.10. The van der Waals surface area contributed by atoms with E-state index in [9.17, 15) is 9.90 Å². The minimum absolute atomic E-state index is 0.0595. The molecule has 3 rings (SSSR count). The van der Waals surface area contributed by atoms with Gasteiger partial charge in [0.1, 0.15) is 10.6 Å². The van der Waals surface area contributed by atoms with Crippen molar-refractivity contribution in [3.8, 4) is 5.75 Å². The molecule has 8 heteroatoms. The first kappa shape index (κ1) is 28.1. The van der Waals surface area contributed by atoms with E-state index < -0.39 is 14.3 Å². The van der Waals surface area contributed by atoms with E-state index in [2.05, 4.69) is 98.2 Å². The Hall–Kier alpha value is -1.45. The van der Waals surface area contributed by atoms with Gasteiger partial charge in [-0.2, -0.15) is 0 Å². The fourth-order valence-electron chi connectivity index (χ4n) is 4.39. The summed E-state index contributed by atoms with van der Waals surface area (Å²) in [7, 11) is -2.00. The maximum Gasteiger partial charge on any atom is 0.347 e. The largest absolute Gasteiger partial charge is 0.543 e. The van der Waals surface area contributed by atoms with Crippen molar-refractivity contribution in [2.24, 2.45) is 0 Å².